The summed E-state index contributed by atoms with van der Waals surface area (Å²) in [6.45, 7) is 4.68. The van der Waals surface area contributed by atoms with Gasteiger partial charge in [0.2, 0.25) is 5.91 Å². The Labute approximate surface area is 132 Å². The van der Waals surface area contributed by atoms with Crippen LogP contribution in [0.3, 0.4) is 0 Å². The summed E-state index contributed by atoms with van der Waals surface area (Å²) in [6, 6.07) is 7.58. The minimum Gasteiger partial charge on any atom is -0.342 e. The molecule has 1 amide bonds. The van der Waals surface area contributed by atoms with E-state index in [9.17, 15) is 4.79 Å². The van der Waals surface area contributed by atoms with Gasteiger partial charge in [-0.3, -0.25) is 4.79 Å². The number of carbonyl (C=O) groups excluding carboxylic acids is 1. The van der Waals surface area contributed by atoms with E-state index in [0.29, 0.717) is 10.9 Å². The summed E-state index contributed by atoms with van der Waals surface area (Å²) >= 11 is 5.98. The molecular formula is C15H22Cl2N2O. The minimum atomic E-state index is -0.118. The quantitative estimate of drug-likeness (QED) is 0.926. The monoisotopic (exact) mass is 316 g/mol. The van der Waals surface area contributed by atoms with E-state index in [-0.39, 0.29) is 24.2 Å². The molecule has 0 aromatic heterocycles. The number of amides is 1. The normalized spacial score (nSPS) is 19.6. The van der Waals surface area contributed by atoms with Gasteiger partial charge < -0.3 is 10.2 Å². The molecule has 2 atom stereocenters. The molecule has 0 bridgehead atoms. The first-order valence-electron chi connectivity index (χ1n) is 6.80. The number of carbonyl (C=O) groups is 1. The summed E-state index contributed by atoms with van der Waals surface area (Å²) in [6.07, 6.45) is 1.09. The van der Waals surface area contributed by atoms with Gasteiger partial charge >= 0.3 is 0 Å². The van der Waals surface area contributed by atoms with Gasteiger partial charge in [0.05, 0.1) is 5.92 Å². The third-order valence-electron chi connectivity index (χ3n) is 3.81. The maximum Gasteiger partial charge on any atom is 0.229 e. The van der Waals surface area contributed by atoms with Crippen molar-refractivity contribution in [3.8, 4) is 0 Å². The van der Waals surface area contributed by atoms with Crippen molar-refractivity contribution < 1.29 is 4.79 Å². The summed E-state index contributed by atoms with van der Waals surface area (Å²) in [5.74, 6) is 0.674. The Morgan fingerprint density at radius 1 is 1.55 bits per heavy atom. The van der Waals surface area contributed by atoms with Gasteiger partial charge in [0.15, 0.2) is 0 Å². The van der Waals surface area contributed by atoms with E-state index in [4.69, 9.17) is 11.6 Å². The van der Waals surface area contributed by atoms with E-state index >= 15 is 0 Å². The van der Waals surface area contributed by atoms with Crippen molar-refractivity contribution in [2.24, 2.45) is 5.92 Å². The molecule has 0 radical (unpaired) electrons. The maximum absolute atomic E-state index is 12.5. The van der Waals surface area contributed by atoms with Crippen LogP contribution in [0, 0.1) is 5.92 Å². The van der Waals surface area contributed by atoms with Crippen LogP contribution in [0.15, 0.2) is 24.3 Å². The standard InChI is InChI=1S/C15H21ClN2O.ClH/c1-11(13-4-3-5-14(16)8-13)15(19)18-7-6-12(10-18)9-17-2;/h3-5,8,11-12,17H,6-7,9-10H2,1-2H3;1H. The molecule has 1 aliphatic heterocycles. The second-order valence-corrected chi connectivity index (χ2v) is 5.71. The van der Waals surface area contributed by atoms with Crippen LogP contribution in [-0.2, 0) is 4.79 Å². The molecule has 1 heterocycles. The Hall–Kier alpha value is -0.770. The lowest BCUT2D eigenvalue weighted by molar-refractivity contribution is -0.131. The highest BCUT2D eigenvalue weighted by Crippen LogP contribution is 2.24. The van der Waals surface area contributed by atoms with E-state index in [1.165, 1.54) is 0 Å². The second-order valence-electron chi connectivity index (χ2n) is 5.27. The number of halogens is 2. The van der Waals surface area contributed by atoms with Crippen LogP contribution >= 0.6 is 24.0 Å². The zero-order valence-corrected chi connectivity index (χ0v) is 13.5. The molecule has 2 rings (SSSR count). The fourth-order valence-electron chi connectivity index (χ4n) is 2.68. The van der Waals surface area contributed by atoms with Gasteiger partial charge in [0.25, 0.3) is 0 Å². The molecule has 1 aliphatic rings. The molecule has 1 saturated heterocycles. The second kappa shape index (κ2) is 7.87. The predicted molar refractivity (Wildman–Crippen MR) is 85.7 cm³/mol. The summed E-state index contributed by atoms with van der Waals surface area (Å²) in [7, 11) is 1.96. The number of likely N-dealkylation sites (tertiary alicyclic amines) is 1. The first-order valence-corrected chi connectivity index (χ1v) is 7.18. The van der Waals surface area contributed by atoms with Gasteiger partial charge in [-0.1, -0.05) is 23.7 Å². The van der Waals surface area contributed by atoms with Gasteiger partial charge in [0.1, 0.15) is 0 Å². The number of benzene rings is 1. The lowest BCUT2D eigenvalue weighted by Gasteiger charge is -2.21. The van der Waals surface area contributed by atoms with Crippen LogP contribution < -0.4 is 5.32 Å². The van der Waals surface area contributed by atoms with Gasteiger partial charge in [-0.25, -0.2) is 0 Å². The average Bonchev–Trinajstić information content (AvgIpc) is 2.86. The highest BCUT2D eigenvalue weighted by atomic mass is 35.5. The van der Waals surface area contributed by atoms with Crippen LogP contribution in [-0.4, -0.2) is 37.5 Å². The lowest BCUT2D eigenvalue weighted by atomic mass is 10.00. The van der Waals surface area contributed by atoms with Crippen molar-refractivity contribution in [3.05, 3.63) is 34.9 Å². The third-order valence-corrected chi connectivity index (χ3v) is 4.04. The minimum absolute atomic E-state index is 0. The molecule has 5 heteroatoms. The number of rotatable bonds is 4. The lowest BCUT2D eigenvalue weighted by Crippen LogP contribution is -2.33. The molecule has 20 heavy (non-hydrogen) atoms. The van der Waals surface area contributed by atoms with Crippen molar-refractivity contribution in [3.63, 3.8) is 0 Å². The molecule has 1 fully saturated rings. The molecule has 0 aliphatic carbocycles. The van der Waals surface area contributed by atoms with Gasteiger partial charge in [-0.15, -0.1) is 12.4 Å². The Morgan fingerprint density at radius 3 is 2.95 bits per heavy atom. The molecule has 112 valence electrons. The zero-order chi connectivity index (χ0) is 13.8. The molecular weight excluding hydrogens is 295 g/mol. The molecule has 1 aromatic carbocycles. The zero-order valence-electron chi connectivity index (χ0n) is 11.9. The molecule has 2 unspecified atom stereocenters. The van der Waals surface area contributed by atoms with E-state index in [2.05, 4.69) is 5.32 Å². The van der Waals surface area contributed by atoms with E-state index in [1.54, 1.807) is 0 Å². The molecule has 3 nitrogen and oxygen atoms in total. The predicted octanol–water partition coefficient (Wildman–Crippen LogP) is 2.93. The fourth-order valence-corrected chi connectivity index (χ4v) is 2.88. The van der Waals surface area contributed by atoms with Crippen molar-refractivity contribution >= 4 is 29.9 Å². The van der Waals surface area contributed by atoms with Crippen molar-refractivity contribution in [1.82, 2.24) is 10.2 Å². The van der Waals surface area contributed by atoms with Crippen LogP contribution in [0.4, 0.5) is 0 Å². The van der Waals surface area contributed by atoms with Crippen molar-refractivity contribution in [1.29, 1.82) is 0 Å². The maximum atomic E-state index is 12.5. The summed E-state index contributed by atoms with van der Waals surface area (Å²) in [5.41, 5.74) is 0.995. The van der Waals surface area contributed by atoms with Crippen LogP contribution in [0.1, 0.15) is 24.8 Å². The van der Waals surface area contributed by atoms with Crippen molar-refractivity contribution in [2.45, 2.75) is 19.3 Å². The molecule has 1 N–H and O–H groups in total. The highest BCUT2D eigenvalue weighted by molar-refractivity contribution is 6.30. The van der Waals surface area contributed by atoms with E-state index in [1.807, 2.05) is 43.1 Å². The SMILES string of the molecule is CNCC1CCN(C(=O)C(C)c2cccc(Cl)c2)C1.Cl. The van der Waals surface area contributed by atoms with Crippen LogP contribution in [0.25, 0.3) is 0 Å². The first-order chi connectivity index (χ1) is 9.11. The van der Waals surface area contributed by atoms with Crippen molar-refractivity contribution in [2.75, 3.05) is 26.7 Å². The Bertz CT molecular complexity index is 453. The van der Waals surface area contributed by atoms with E-state index in [0.717, 1.165) is 31.6 Å². The smallest absolute Gasteiger partial charge is 0.229 e. The number of hydrogen-bond acceptors (Lipinski definition) is 2. The molecule has 1 aromatic rings. The summed E-state index contributed by atoms with van der Waals surface area (Å²) < 4.78 is 0. The molecule has 0 saturated carbocycles. The largest absolute Gasteiger partial charge is 0.342 e. The highest BCUT2D eigenvalue weighted by Gasteiger charge is 2.29. The van der Waals surface area contributed by atoms with Crippen LogP contribution in [0.5, 0.6) is 0 Å². The summed E-state index contributed by atoms with van der Waals surface area (Å²) in [5, 5.41) is 3.87. The topological polar surface area (TPSA) is 32.3 Å². The molecule has 0 spiro atoms. The number of nitrogens with one attached hydrogen (secondary N) is 1. The number of hydrogen-bond donors (Lipinski definition) is 1. The Morgan fingerprint density at radius 2 is 2.30 bits per heavy atom. The van der Waals surface area contributed by atoms with Gasteiger partial charge in [0, 0.05) is 18.1 Å². The third kappa shape index (κ3) is 4.11. The van der Waals surface area contributed by atoms with Gasteiger partial charge in [-0.2, -0.15) is 0 Å². The van der Waals surface area contributed by atoms with Gasteiger partial charge in [-0.05, 0) is 50.6 Å². The first kappa shape index (κ1) is 17.3. The summed E-state index contributed by atoms with van der Waals surface area (Å²) in [4.78, 5) is 14.4. The number of nitrogens with zero attached hydrogens (tertiary/aromatic N) is 1. The Kier molecular flexibility index (Phi) is 6.80. The fraction of sp³-hybridized carbons (Fsp3) is 0.533. The van der Waals surface area contributed by atoms with Crippen LogP contribution in [0.2, 0.25) is 5.02 Å². The van der Waals surface area contributed by atoms with E-state index < -0.39 is 0 Å². The Balaban J connectivity index is 0.00000200. The average molecular weight is 317 g/mol.